The van der Waals surface area contributed by atoms with Gasteiger partial charge >= 0.3 is 0 Å². The molecule has 0 spiro atoms. The van der Waals surface area contributed by atoms with Crippen LogP contribution in [0.1, 0.15) is 34.1 Å². The normalized spacial score (nSPS) is 23.7. The molecule has 0 saturated heterocycles. The van der Waals surface area contributed by atoms with E-state index in [4.69, 9.17) is 21.8 Å². The zero-order valence-corrected chi connectivity index (χ0v) is 16.5. The Kier molecular flexibility index (Phi) is 6.07. The average Bonchev–Trinajstić information content (AvgIpc) is 2.38. The molecule has 0 bridgehead atoms. The smallest absolute Gasteiger partial charge is 0.274 e. The Morgan fingerprint density at radius 1 is 1.52 bits per heavy atom. The number of allylic oxidation sites excluding steroid dienone is 2. The second kappa shape index (κ2) is 6.92. The van der Waals surface area contributed by atoms with Crippen LogP contribution in [0.3, 0.4) is 0 Å². The van der Waals surface area contributed by atoms with Crippen LogP contribution in [-0.4, -0.2) is 31.4 Å². The molecular weight excluding hydrogens is 334 g/mol. The number of rotatable bonds is 6. The summed E-state index contributed by atoms with van der Waals surface area (Å²) < 4.78 is 6.33. The summed E-state index contributed by atoms with van der Waals surface area (Å²) in [7, 11) is -1.96. The van der Waals surface area contributed by atoms with Gasteiger partial charge < -0.3 is 15.5 Å². The van der Waals surface area contributed by atoms with Crippen LogP contribution in [-0.2, 0) is 4.43 Å². The van der Waals surface area contributed by atoms with Crippen molar-refractivity contribution in [2.24, 2.45) is 5.73 Å². The number of nitrogens with one attached hydrogen (secondary N) is 1. The number of nitrogens with two attached hydrogens (primary N) is 1. The van der Waals surface area contributed by atoms with Gasteiger partial charge in [-0.25, -0.2) is 0 Å². The van der Waals surface area contributed by atoms with E-state index >= 15 is 0 Å². The van der Waals surface area contributed by atoms with Crippen LogP contribution in [0.25, 0.3) is 0 Å². The molecule has 0 aromatic heterocycles. The SMILES string of the molecule is CC(CC1(CN)NC=C(Cl)C=C1[N+](=O)[O-])O[Si](C)(C)C(C)(C)C. The first-order valence-corrected chi connectivity index (χ1v) is 11.0. The molecule has 0 amide bonds. The minimum absolute atomic E-state index is 0.0156. The number of hydrogen-bond acceptors (Lipinski definition) is 5. The quantitative estimate of drug-likeness (QED) is 0.430. The van der Waals surface area contributed by atoms with Crippen molar-refractivity contribution in [1.29, 1.82) is 0 Å². The summed E-state index contributed by atoms with van der Waals surface area (Å²) in [5.41, 5.74) is 4.90. The maximum absolute atomic E-state index is 11.4. The molecule has 8 heteroatoms. The van der Waals surface area contributed by atoms with Crippen LogP contribution < -0.4 is 11.1 Å². The lowest BCUT2D eigenvalue weighted by atomic mass is 9.87. The molecule has 1 rings (SSSR count). The van der Waals surface area contributed by atoms with Crippen molar-refractivity contribution >= 4 is 19.9 Å². The topological polar surface area (TPSA) is 90.4 Å². The number of hydrogen-bond donors (Lipinski definition) is 2. The zero-order valence-electron chi connectivity index (χ0n) is 14.8. The van der Waals surface area contributed by atoms with Crippen molar-refractivity contribution in [2.45, 2.75) is 63.9 Å². The maximum Gasteiger partial charge on any atom is 0.274 e. The Morgan fingerprint density at radius 2 is 2.09 bits per heavy atom. The van der Waals surface area contributed by atoms with Crippen LogP contribution >= 0.6 is 11.6 Å². The Morgan fingerprint density at radius 3 is 2.52 bits per heavy atom. The molecule has 1 aliphatic rings. The van der Waals surface area contributed by atoms with Gasteiger partial charge in [0, 0.05) is 31.3 Å². The Labute approximate surface area is 144 Å². The summed E-state index contributed by atoms with van der Waals surface area (Å²) in [6.45, 7) is 12.8. The first-order chi connectivity index (χ1) is 10.3. The zero-order chi connectivity index (χ0) is 18.1. The summed E-state index contributed by atoms with van der Waals surface area (Å²) >= 11 is 5.90. The van der Waals surface area contributed by atoms with E-state index < -0.39 is 18.8 Å². The second-order valence-electron chi connectivity index (χ2n) is 7.64. The van der Waals surface area contributed by atoms with Gasteiger partial charge in [0.15, 0.2) is 8.32 Å². The van der Waals surface area contributed by atoms with Crippen molar-refractivity contribution in [2.75, 3.05) is 6.54 Å². The Hall–Kier alpha value is -0.893. The van der Waals surface area contributed by atoms with Gasteiger partial charge in [0.25, 0.3) is 5.70 Å². The summed E-state index contributed by atoms with van der Waals surface area (Å²) in [6, 6.07) is 0. The molecular formula is C15H28ClN3O3Si. The summed E-state index contributed by atoms with van der Waals surface area (Å²) in [5, 5.41) is 14.8. The molecule has 1 aliphatic heterocycles. The van der Waals surface area contributed by atoms with E-state index in [1.165, 1.54) is 6.08 Å². The fourth-order valence-electron chi connectivity index (χ4n) is 2.44. The average molecular weight is 362 g/mol. The predicted molar refractivity (Wildman–Crippen MR) is 96.3 cm³/mol. The van der Waals surface area contributed by atoms with Crippen LogP contribution in [0.5, 0.6) is 0 Å². The number of halogens is 1. The fourth-order valence-corrected chi connectivity index (χ4v) is 4.04. The summed E-state index contributed by atoms with van der Waals surface area (Å²) in [4.78, 5) is 11.0. The molecule has 6 nitrogen and oxygen atoms in total. The third-order valence-electron chi connectivity index (χ3n) is 4.73. The summed E-state index contributed by atoms with van der Waals surface area (Å²) in [5.74, 6) is 0. The predicted octanol–water partition coefficient (Wildman–Crippen LogP) is 3.33. The number of nitrogens with zero attached hydrogens (tertiary/aromatic N) is 1. The van der Waals surface area contributed by atoms with E-state index in [-0.39, 0.29) is 23.4 Å². The lowest BCUT2D eigenvalue weighted by Crippen LogP contribution is -2.56. The summed E-state index contributed by atoms with van der Waals surface area (Å²) in [6.07, 6.45) is 3.16. The molecule has 0 fully saturated rings. The molecule has 2 atom stereocenters. The third-order valence-corrected chi connectivity index (χ3v) is 9.56. The molecule has 132 valence electrons. The van der Waals surface area contributed by atoms with Gasteiger partial charge in [0.05, 0.1) is 9.96 Å². The van der Waals surface area contributed by atoms with Crippen LogP contribution in [0.15, 0.2) is 23.0 Å². The van der Waals surface area contributed by atoms with E-state index in [0.717, 1.165) is 0 Å². The first kappa shape index (κ1) is 20.2. The van der Waals surface area contributed by atoms with E-state index in [9.17, 15) is 10.1 Å². The molecule has 1 heterocycles. The standard InChI is InChI=1S/C15H28ClN3O3Si/c1-11(22-23(5,6)14(2,3)4)8-15(10-17)13(19(20)21)7-12(16)9-18-15/h7,9,11,18H,8,10,17H2,1-6H3. The van der Waals surface area contributed by atoms with Crippen molar-refractivity contribution in [3.8, 4) is 0 Å². The molecule has 0 saturated carbocycles. The van der Waals surface area contributed by atoms with E-state index in [0.29, 0.717) is 11.5 Å². The molecule has 0 aliphatic carbocycles. The van der Waals surface area contributed by atoms with Gasteiger partial charge in [-0.15, -0.1) is 0 Å². The maximum atomic E-state index is 11.4. The van der Waals surface area contributed by atoms with E-state index in [2.05, 4.69) is 39.2 Å². The van der Waals surface area contributed by atoms with Crippen LogP contribution in [0.2, 0.25) is 18.1 Å². The minimum atomic E-state index is -1.96. The van der Waals surface area contributed by atoms with Gasteiger partial charge in [0.1, 0.15) is 5.54 Å². The monoisotopic (exact) mass is 361 g/mol. The van der Waals surface area contributed by atoms with E-state index in [1.54, 1.807) is 6.20 Å². The van der Waals surface area contributed by atoms with Gasteiger partial charge in [-0.2, -0.15) is 0 Å². The van der Waals surface area contributed by atoms with Gasteiger partial charge in [-0.3, -0.25) is 10.1 Å². The molecule has 23 heavy (non-hydrogen) atoms. The largest absolute Gasteiger partial charge is 0.414 e. The third kappa shape index (κ3) is 4.56. The van der Waals surface area contributed by atoms with Gasteiger partial charge in [-0.05, 0) is 25.1 Å². The van der Waals surface area contributed by atoms with Crippen molar-refractivity contribution in [1.82, 2.24) is 5.32 Å². The minimum Gasteiger partial charge on any atom is -0.414 e. The Bertz CT molecular complexity index is 529. The highest BCUT2D eigenvalue weighted by Gasteiger charge is 2.46. The highest BCUT2D eigenvalue weighted by molar-refractivity contribution is 6.74. The van der Waals surface area contributed by atoms with Crippen molar-refractivity contribution < 1.29 is 9.35 Å². The fraction of sp³-hybridized carbons (Fsp3) is 0.733. The van der Waals surface area contributed by atoms with Crippen molar-refractivity contribution in [3.63, 3.8) is 0 Å². The highest BCUT2D eigenvalue weighted by atomic mass is 35.5. The van der Waals surface area contributed by atoms with Crippen molar-refractivity contribution in [3.05, 3.63) is 33.1 Å². The molecule has 3 N–H and O–H groups in total. The van der Waals surface area contributed by atoms with Crippen LogP contribution in [0.4, 0.5) is 0 Å². The lowest BCUT2D eigenvalue weighted by molar-refractivity contribution is -0.436. The first-order valence-electron chi connectivity index (χ1n) is 7.72. The van der Waals surface area contributed by atoms with Gasteiger partial charge in [-0.1, -0.05) is 32.4 Å². The second-order valence-corrected chi connectivity index (χ2v) is 12.8. The van der Waals surface area contributed by atoms with Gasteiger partial charge in [0.2, 0.25) is 0 Å². The molecule has 0 radical (unpaired) electrons. The molecule has 2 unspecified atom stereocenters. The number of dihydropyridines is 1. The van der Waals surface area contributed by atoms with E-state index in [1.807, 2.05) is 6.92 Å². The Balaban J connectivity index is 3.00. The van der Waals surface area contributed by atoms with Crippen LogP contribution in [0, 0.1) is 10.1 Å². The number of nitro groups is 1. The highest BCUT2D eigenvalue weighted by Crippen LogP contribution is 2.38. The molecule has 0 aromatic rings. The lowest BCUT2D eigenvalue weighted by Gasteiger charge is -2.41. The molecule has 0 aromatic carbocycles.